The van der Waals surface area contributed by atoms with Crippen molar-refractivity contribution >= 4 is 55.8 Å². The van der Waals surface area contributed by atoms with E-state index >= 15 is 0 Å². The molecule has 1 aromatic heterocycles. The van der Waals surface area contributed by atoms with Gasteiger partial charge in [0.25, 0.3) is 5.91 Å². The Balaban J connectivity index is 1.52. The quantitative estimate of drug-likeness (QED) is 0.319. The Kier molecular flexibility index (Phi) is 7.49. The van der Waals surface area contributed by atoms with Gasteiger partial charge in [-0.1, -0.05) is 77.5 Å². The molecule has 4 rings (SSSR count). The Bertz CT molecular complexity index is 1260. The van der Waals surface area contributed by atoms with Crippen molar-refractivity contribution in [3.8, 4) is 10.6 Å². The fraction of sp³-hybridized carbons (Fsp3) is 0.0833. The Morgan fingerprint density at radius 1 is 0.939 bits per heavy atom. The molecule has 166 valence electrons. The van der Waals surface area contributed by atoms with E-state index in [2.05, 4.69) is 36.8 Å². The number of hydrogen-bond acceptors (Lipinski definition) is 5. The van der Waals surface area contributed by atoms with Gasteiger partial charge in [0.1, 0.15) is 11.0 Å². The van der Waals surface area contributed by atoms with Crippen LogP contribution in [0, 0.1) is 0 Å². The number of carbonyl (C=O) groups excluding carboxylic acids is 2. The highest BCUT2D eigenvalue weighted by Crippen LogP contribution is 2.27. The van der Waals surface area contributed by atoms with E-state index in [0.29, 0.717) is 31.6 Å². The van der Waals surface area contributed by atoms with E-state index in [1.807, 2.05) is 48.5 Å². The third-order valence-corrected chi connectivity index (χ3v) is 6.60. The number of carbonyl (C=O) groups is 2. The highest BCUT2D eigenvalue weighted by Gasteiger charge is 2.24. The van der Waals surface area contributed by atoms with Crippen molar-refractivity contribution in [1.82, 2.24) is 15.5 Å². The van der Waals surface area contributed by atoms with E-state index < -0.39 is 6.04 Å². The van der Waals surface area contributed by atoms with Gasteiger partial charge in [0.05, 0.1) is 5.56 Å². The molecule has 1 heterocycles. The first-order valence-electron chi connectivity index (χ1n) is 9.99. The van der Waals surface area contributed by atoms with Crippen molar-refractivity contribution in [3.05, 3.63) is 99.5 Å². The number of nitrogens with one attached hydrogen (secondary N) is 2. The summed E-state index contributed by atoms with van der Waals surface area (Å²) in [5.74, 6) is -0.726. The van der Waals surface area contributed by atoms with Crippen LogP contribution >= 0.6 is 38.9 Å². The standard InChI is InChI=1S/C24H18BrClN4O2S/c25-19-9-5-4-8-18(19)21(31)27-20(14-15-6-2-1-3-7-15)22(32)28-24-30-29-23(33-24)16-10-12-17(26)13-11-16/h1-13,20H,14H2,(H,27,31)(H,28,30,32). The highest BCUT2D eigenvalue weighted by atomic mass is 79.9. The molecule has 0 saturated carbocycles. The summed E-state index contributed by atoms with van der Waals surface area (Å²) in [4.78, 5) is 26.0. The van der Waals surface area contributed by atoms with Gasteiger partial charge in [-0.3, -0.25) is 14.9 Å². The topological polar surface area (TPSA) is 84.0 Å². The van der Waals surface area contributed by atoms with Crippen LogP contribution in [0.15, 0.2) is 83.3 Å². The number of amides is 2. The molecular formula is C24H18BrClN4O2S. The van der Waals surface area contributed by atoms with Gasteiger partial charge in [-0.15, -0.1) is 10.2 Å². The van der Waals surface area contributed by atoms with Crippen LogP contribution in [0.3, 0.4) is 0 Å². The average Bonchev–Trinajstić information content (AvgIpc) is 3.28. The molecule has 0 aliphatic heterocycles. The van der Waals surface area contributed by atoms with Gasteiger partial charge in [-0.25, -0.2) is 0 Å². The lowest BCUT2D eigenvalue weighted by Crippen LogP contribution is -2.45. The van der Waals surface area contributed by atoms with Crippen molar-refractivity contribution in [2.75, 3.05) is 5.32 Å². The monoisotopic (exact) mass is 540 g/mol. The zero-order valence-electron chi connectivity index (χ0n) is 17.2. The molecule has 0 saturated heterocycles. The Morgan fingerprint density at radius 2 is 1.64 bits per heavy atom. The summed E-state index contributed by atoms with van der Waals surface area (Å²) in [5, 5.41) is 15.5. The molecule has 0 aliphatic carbocycles. The smallest absolute Gasteiger partial charge is 0.253 e. The number of hydrogen-bond donors (Lipinski definition) is 2. The summed E-state index contributed by atoms with van der Waals surface area (Å²) in [5.41, 5.74) is 2.22. The first-order chi connectivity index (χ1) is 16.0. The normalized spacial score (nSPS) is 11.6. The van der Waals surface area contributed by atoms with E-state index in [0.717, 1.165) is 11.1 Å². The maximum absolute atomic E-state index is 13.1. The molecule has 0 aliphatic rings. The van der Waals surface area contributed by atoms with Crippen molar-refractivity contribution in [1.29, 1.82) is 0 Å². The second kappa shape index (κ2) is 10.7. The number of rotatable bonds is 7. The van der Waals surface area contributed by atoms with E-state index in [1.54, 1.807) is 30.3 Å². The lowest BCUT2D eigenvalue weighted by Gasteiger charge is -2.18. The molecule has 2 amide bonds. The Hall–Kier alpha value is -3.07. The number of nitrogens with zero attached hydrogens (tertiary/aromatic N) is 2. The molecule has 1 atom stereocenters. The summed E-state index contributed by atoms with van der Waals surface area (Å²) >= 11 is 10.6. The van der Waals surface area contributed by atoms with E-state index in [1.165, 1.54) is 11.3 Å². The Morgan fingerprint density at radius 3 is 2.36 bits per heavy atom. The average molecular weight is 542 g/mol. The van der Waals surface area contributed by atoms with Crippen LogP contribution in [0.2, 0.25) is 5.02 Å². The number of halogens is 2. The molecule has 3 aromatic carbocycles. The Labute approximate surface area is 208 Å². The molecule has 0 bridgehead atoms. The van der Waals surface area contributed by atoms with Gasteiger partial charge in [-0.05, 0) is 45.8 Å². The summed E-state index contributed by atoms with van der Waals surface area (Å²) in [6.45, 7) is 0. The lowest BCUT2D eigenvalue weighted by molar-refractivity contribution is -0.118. The number of benzene rings is 3. The van der Waals surface area contributed by atoms with Crippen molar-refractivity contribution in [2.24, 2.45) is 0 Å². The van der Waals surface area contributed by atoms with Gasteiger partial charge < -0.3 is 5.32 Å². The van der Waals surface area contributed by atoms with E-state index in [4.69, 9.17) is 11.6 Å². The van der Waals surface area contributed by atoms with Crippen LogP contribution < -0.4 is 10.6 Å². The molecule has 4 aromatic rings. The van der Waals surface area contributed by atoms with Crippen molar-refractivity contribution in [2.45, 2.75) is 12.5 Å². The molecule has 33 heavy (non-hydrogen) atoms. The third-order valence-electron chi connectivity index (χ3n) is 4.77. The SMILES string of the molecule is O=C(NC(Cc1ccccc1)C(=O)Nc1nnc(-c2ccc(Cl)cc2)s1)c1ccccc1Br. The maximum atomic E-state index is 13.1. The second-order valence-corrected chi connectivity index (χ2v) is 9.37. The van der Waals surface area contributed by atoms with Crippen LogP contribution in [0.1, 0.15) is 15.9 Å². The van der Waals surface area contributed by atoms with Gasteiger partial charge in [-0.2, -0.15) is 0 Å². The highest BCUT2D eigenvalue weighted by molar-refractivity contribution is 9.10. The molecule has 1 unspecified atom stereocenters. The van der Waals surface area contributed by atoms with Gasteiger partial charge >= 0.3 is 0 Å². The molecule has 9 heteroatoms. The van der Waals surface area contributed by atoms with E-state index in [9.17, 15) is 9.59 Å². The van der Waals surface area contributed by atoms with Crippen molar-refractivity contribution < 1.29 is 9.59 Å². The zero-order valence-corrected chi connectivity index (χ0v) is 20.3. The fourth-order valence-electron chi connectivity index (χ4n) is 3.12. The molecule has 0 radical (unpaired) electrons. The summed E-state index contributed by atoms with van der Waals surface area (Å²) in [7, 11) is 0. The summed E-state index contributed by atoms with van der Waals surface area (Å²) in [6, 6.07) is 23.0. The first kappa shape index (κ1) is 23.1. The van der Waals surface area contributed by atoms with Crippen LogP contribution in [0.25, 0.3) is 10.6 Å². The predicted octanol–water partition coefficient (Wildman–Crippen LogP) is 5.60. The van der Waals surface area contributed by atoms with Crippen LogP contribution in [0.4, 0.5) is 5.13 Å². The molecule has 0 fully saturated rings. The van der Waals surface area contributed by atoms with Crippen LogP contribution in [-0.2, 0) is 11.2 Å². The third kappa shape index (κ3) is 6.04. The van der Waals surface area contributed by atoms with Gasteiger partial charge in [0, 0.05) is 21.5 Å². The zero-order chi connectivity index (χ0) is 23.2. The van der Waals surface area contributed by atoms with Crippen LogP contribution in [-0.4, -0.2) is 28.1 Å². The second-order valence-electron chi connectivity index (χ2n) is 7.10. The molecule has 6 nitrogen and oxygen atoms in total. The van der Waals surface area contributed by atoms with E-state index in [-0.39, 0.29) is 11.8 Å². The number of aromatic nitrogens is 2. The summed E-state index contributed by atoms with van der Waals surface area (Å²) < 4.78 is 0.651. The maximum Gasteiger partial charge on any atom is 0.253 e. The van der Waals surface area contributed by atoms with Crippen molar-refractivity contribution in [3.63, 3.8) is 0 Å². The molecule has 0 spiro atoms. The minimum Gasteiger partial charge on any atom is -0.340 e. The summed E-state index contributed by atoms with van der Waals surface area (Å²) in [6.07, 6.45) is 0.325. The largest absolute Gasteiger partial charge is 0.340 e. The lowest BCUT2D eigenvalue weighted by atomic mass is 10.0. The molecule has 2 N–H and O–H groups in total. The minimum atomic E-state index is -0.810. The van der Waals surface area contributed by atoms with Gasteiger partial charge in [0.15, 0.2) is 0 Å². The van der Waals surface area contributed by atoms with Gasteiger partial charge in [0.2, 0.25) is 11.0 Å². The van der Waals surface area contributed by atoms with Crippen LogP contribution in [0.5, 0.6) is 0 Å². The first-order valence-corrected chi connectivity index (χ1v) is 12.0. The number of anilines is 1. The fourth-order valence-corrected chi connectivity index (χ4v) is 4.46. The molecular weight excluding hydrogens is 524 g/mol. The minimum absolute atomic E-state index is 0.325. The predicted molar refractivity (Wildman–Crippen MR) is 135 cm³/mol.